The molecule has 1 amide bonds. The summed E-state index contributed by atoms with van der Waals surface area (Å²) in [6.07, 6.45) is 1.26. The maximum absolute atomic E-state index is 12.0. The number of nitrogens with zero attached hydrogens (tertiary/aromatic N) is 1. The van der Waals surface area contributed by atoms with E-state index in [9.17, 15) is 4.79 Å². The molecule has 0 unspecified atom stereocenters. The highest BCUT2D eigenvalue weighted by Gasteiger charge is 2.38. The zero-order chi connectivity index (χ0) is 10.8. The topological polar surface area (TPSA) is 55.6 Å². The molecular weight excluding hydrogens is 216 g/mol. The van der Waals surface area contributed by atoms with Crippen molar-refractivity contribution >= 4 is 18.3 Å². The molecule has 0 bridgehead atoms. The predicted octanol–water partition coefficient (Wildman–Crippen LogP) is 0.783. The van der Waals surface area contributed by atoms with Crippen LogP contribution in [0.15, 0.2) is 0 Å². The van der Waals surface area contributed by atoms with Gasteiger partial charge in [-0.2, -0.15) is 0 Å². The number of likely N-dealkylation sites (N-methyl/N-ethyl adjacent to an activating group) is 1. The Hall–Kier alpha value is -0.320. The quantitative estimate of drug-likeness (QED) is 0.771. The first kappa shape index (κ1) is 14.7. The number of halogens is 1. The molecule has 1 aliphatic rings. The van der Waals surface area contributed by atoms with E-state index in [1.54, 1.807) is 11.9 Å². The highest BCUT2D eigenvalue weighted by atomic mass is 35.5. The molecule has 1 aliphatic heterocycles. The molecule has 4 nitrogen and oxygen atoms in total. The molecule has 0 aliphatic carbocycles. The summed E-state index contributed by atoms with van der Waals surface area (Å²) in [5.41, 5.74) is 5.37. The molecule has 1 rings (SSSR count). The molecule has 15 heavy (non-hydrogen) atoms. The van der Waals surface area contributed by atoms with E-state index in [-0.39, 0.29) is 24.4 Å². The van der Waals surface area contributed by atoms with Crippen molar-refractivity contribution in [2.24, 2.45) is 5.73 Å². The summed E-state index contributed by atoms with van der Waals surface area (Å²) < 4.78 is 5.20. The standard InChI is InChI=1S/C10H20N2O2.ClH/c1-8(2)12(3)9(13)10(11)4-6-14-7-5-10;/h8H,4-7,11H2,1-3H3;1H. The number of carbonyl (C=O) groups excluding carboxylic acids is 1. The van der Waals surface area contributed by atoms with Gasteiger partial charge in [-0.3, -0.25) is 4.79 Å². The first-order valence-corrected chi connectivity index (χ1v) is 5.11. The molecule has 0 spiro atoms. The van der Waals surface area contributed by atoms with Crippen molar-refractivity contribution in [1.29, 1.82) is 0 Å². The molecule has 0 radical (unpaired) electrons. The van der Waals surface area contributed by atoms with Gasteiger partial charge in [-0.1, -0.05) is 0 Å². The molecule has 0 aromatic rings. The van der Waals surface area contributed by atoms with Crippen LogP contribution in [0.1, 0.15) is 26.7 Å². The number of amides is 1. The fourth-order valence-corrected chi connectivity index (χ4v) is 1.54. The Morgan fingerprint density at radius 1 is 1.40 bits per heavy atom. The number of rotatable bonds is 2. The van der Waals surface area contributed by atoms with E-state index in [1.807, 2.05) is 13.8 Å². The third kappa shape index (κ3) is 3.33. The fraction of sp³-hybridized carbons (Fsp3) is 0.900. The molecule has 0 aromatic carbocycles. The first-order valence-electron chi connectivity index (χ1n) is 5.11. The van der Waals surface area contributed by atoms with E-state index >= 15 is 0 Å². The highest BCUT2D eigenvalue weighted by Crippen LogP contribution is 2.20. The van der Waals surface area contributed by atoms with Crippen LogP contribution < -0.4 is 5.73 Å². The Morgan fingerprint density at radius 2 is 1.87 bits per heavy atom. The minimum absolute atomic E-state index is 0. The monoisotopic (exact) mass is 236 g/mol. The second-order valence-corrected chi connectivity index (χ2v) is 4.28. The van der Waals surface area contributed by atoms with Gasteiger partial charge in [0.25, 0.3) is 0 Å². The van der Waals surface area contributed by atoms with Crippen molar-refractivity contribution in [2.75, 3.05) is 20.3 Å². The lowest BCUT2D eigenvalue weighted by atomic mass is 9.89. The Balaban J connectivity index is 0.00000196. The van der Waals surface area contributed by atoms with Gasteiger partial charge < -0.3 is 15.4 Å². The number of hydrogen-bond acceptors (Lipinski definition) is 3. The van der Waals surface area contributed by atoms with E-state index in [4.69, 9.17) is 10.5 Å². The Morgan fingerprint density at radius 3 is 2.27 bits per heavy atom. The zero-order valence-electron chi connectivity index (χ0n) is 9.66. The highest BCUT2D eigenvalue weighted by molar-refractivity contribution is 5.86. The van der Waals surface area contributed by atoms with Crippen molar-refractivity contribution in [3.8, 4) is 0 Å². The number of ether oxygens (including phenoxy) is 1. The fourth-order valence-electron chi connectivity index (χ4n) is 1.54. The van der Waals surface area contributed by atoms with Crippen LogP contribution in [0.25, 0.3) is 0 Å². The second-order valence-electron chi connectivity index (χ2n) is 4.28. The van der Waals surface area contributed by atoms with Gasteiger partial charge in [0, 0.05) is 26.3 Å². The molecule has 5 heteroatoms. The van der Waals surface area contributed by atoms with Crippen LogP contribution in [0.2, 0.25) is 0 Å². The summed E-state index contributed by atoms with van der Waals surface area (Å²) in [6, 6.07) is 0.200. The van der Waals surface area contributed by atoms with Crippen LogP contribution >= 0.6 is 12.4 Å². The Bertz CT molecular complexity index is 215. The van der Waals surface area contributed by atoms with E-state index in [1.165, 1.54) is 0 Å². The lowest BCUT2D eigenvalue weighted by Crippen LogP contribution is -2.58. The number of carbonyl (C=O) groups is 1. The molecule has 2 N–H and O–H groups in total. The van der Waals surface area contributed by atoms with E-state index in [2.05, 4.69) is 0 Å². The summed E-state index contributed by atoms with van der Waals surface area (Å²) in [5, 5.41) is 0. The number of nitrogens with two attached hydrogens (primary N) is 1. The minimum atomic E-state index is -0.697. The summed E-state index contributed by atoms with van der Waals surface area (Å²) in [4.78, 5) is 13.7. The molecule has 0 saturated carbocycles. The Kier molecular flexibility index (Phi) is 5.56. The van der Waals surface area contributed by atoms with E-state index < -0.39 is 5.54 Å². The maximum Gasteiger partial charge on any atom is 0.242 e. The van der Waals surface area contributed by atoms with Gasteiger partial charge in [0.1, 0.15) is 0 Å². The second kappa shape index (κ2) is 5.68. The van der Waals surface area contributed by atoms with Gasteiger partial charge in [-0.25, -0.2) is 0 Å². The molecule has 1 heterocycles. The lowest BCUT2D eigenvalue weighted by molar-refractivity contribution is -0.140. The predicted molar refractivity (Wildman–Crippen MR) is 62.1 cm³/mol. The smallest absolute Gasteiger partial charge is 0.242 e. The van der Waals surface area contributed by atoms with Gasteiger partial charge >= 0.3 is 0 Å². The largest absolute Gasteiger partial charge is 0.381 e. The molecule has 0 atom stereocenters. The summed E-state index contributed by atoms with van der Waals surface area (Å²) >= 11 is 0. The molecule has 0 aromatic heterocycles. The van der Waals surface area contributed by atoms with Crippen molar-refractivity contribution in [2.45, 2.75) is 38.3 Å². The Labute approximate surface area is 97.5 Å². The number of hydrogen-bond donors (Lipinski definition) is 1. The van der Waals surface area contributed by atoms with Crippen LogP contribution in [0.5, 0.6) is 0 Å². The summed E-state index contributed by atoms with van der Waals surface area (Å²) in [7, 11) is 1.80. The van der Waals surface area contributed by atoms with Gasteiger partial charge in [-0.05, 0) is 26.7 Å². The first-order chi connectivity index (χ1) is 6.47. The van der Waals surface area contributed by atoms with Crippen LogP contribution in [-0.2, 0) is 9.53 Å². The minimum Gasteiger partial charge on any atom is -0.381 e. The van der Waals surface area contributed by atoms with Gasteiger partial charge in [0.2, 0.25) is 5.91 Å². The average Bonchev–Trinajstić information content (AvgIpc) is 2.16. The van der Waals surface area contributed by atoms with Crippen molar-refractivity contribution in [3.63, 3.8) is 0 Å². The lowest BCUT2D eigenvalue weighted by Gasteiger charge is -2.36. The zero-order valence-corrected chi connectivity index (χ0v) is 10.5. The SMILES string of the molecule is CC(C)N(C)C(=O)C1(N)CCOCC1.Cl. The average molecular weight is 237 g/mol. The van der Waals surface area contributed by atoms with Crippen molar-refractivity contribution < 1.29 is 9.53 Å². The third-order valence-corrected chi connectivity index (χ3v) is 2.91. The van der Waals surface area contributed by atoms with Crippen LogP contribution in [0, 0.1) is 0 Å². The molecule has 1 fully saturated rings. The summed E-state index contributed by atoms with van der Waals surface area (Å²) in [6.45, 7) is 5.16. The molecule has 90 valence electrons. The van der Waals surface area contributed by atoms with E-state index in [0.29, 0.717) is 26.1 Å². The van der Waals surface area contributed by atoms with Gasteiger partial charge in [0.05, 0.1) is 5.54 Å². The maximum atomic E-state index is 12.0. The van der Waals surface area contributed by atoms with Crippen molar-refractivity contribution in [1.82, 2.24) is 4.90 Å². The normalized spacial score (nSPS) is 19.5. The van der Waals surface area contributed by atoms with Crippen LogP contribution in [-0.4, -0.2) is 42.6 Å². The van der Waals surface area contributed by atoms with Crippen molar-refractivity contribution in [3.05, 3.63) is 0 Å². The third-order valence-electron chi connectivity index (χ3n) is 2.91. The van der Waals surface area contributed by atoms with Crippen LogP contribution in [0.3, 0.4) is 0 Å². The molecule has 1 saturated heterocycles. The summed E-state index contributed by atoms with van der Waals surface area (Å²) in [5.74, 6) is 0.0378. The van der Waals surface area contributed by atoms with Gasteiger partial charge in [-0.15, -0.1) is 12.4 Å². The van der Waals surface area contributed by atoms with Gasteiger partial charge in [0.15, 0.2) is 0 Å². The van der Waals surface area contributed by atoms with Crippen LogP contribution in [0.4, 0.5) is 0 Å². The molecular formula is C10H21ClN2O2. The van der Waals surface area contributed by atoms with E-state index in [0.717, 1.165) is 0 Å².